The van der Waals surface area contributed by atoms with Crippen LogP contribution in [0.1, 0.15) is 37.8 Å². The fourth-order valence-electron chi connectivity index (χ4n) is 3.14. The van der Waals surface area contributed by atoms with Crippen LogP contribution in [0.4, 0.5) is 4.39 Å². The quantitative estimate of drug-likeness (QED) is 0.310. The zero-order valence-corrected chi connectivity index (χ0v) is 18.9. The summed E-state index contributed by atoms with van der Waals surface area (Å²) in [4.78, 5) is 4.56. The van der Waals surface area contributed by atoms with E-state index in [0.29, 0.717) is 5.96 Å². The third-order valence-corrected chi connectivity index (χ3v) is 5.12. The second kappa shape index (κ2) is 9.21. The lowest BCUT2D eigenvalue weighted by molar-refractivity contribution is 0.0672. The van der Waals surface area contributed by atoms with Crippen molar-refractivity contribution in [2.45, 2.75) is 37.7 Å². The molecule has 1 heterocycles. The van der Waals surface area contributed by atoms with Crippen molar-refractivity contribution in [3.63, 3.8) is 0 Å². The highest BCUT2D eigenvalue weighted by atomic mass is 127. The third-order valence-electron chi connectivity index (χ3n) is 5.12. The molecular formula is C20H29FIN5O. The topological polar surface area (TPSA) is 74.5 Å². The smallest absolute Gasteiger partial charge is 0.191 e. The summed E-state index contributed by atoms with van der Waals surface area (Å²) >= 11 is 0. The van der Waals surface area contributed by atoms with Gasteiger partial charge in [-0.15, -0.1) is 24.0 Å². The monoisotopic (exact) mass is 501 g/mol. The molecular weight excluding hydrogens is 472 g/mol. The lowest BCUT2D eigenvalue weighted by Gasteiger charge is -2.22. The Balaban J connectivity index is 0.00000280. The van der Waals surface area contributed by atoms with Crippen molar-refractivity contribution in [2.24, 2.45) is 12.0 Å². The number of aromatic nitrogens is 2. The molecule has 0 bridgehead atoms. The van der Waals surface area contributed by atoms with Crippen LogP contribution < -0.4 is 10.6 Å². The van der Waals surface area contributed by atoms with Crippen LogP contribution >= 0.6 is 24.0 Å². The van der Waals surface area contributed by atoms with Crippen molar-refractivity contribution in [3.05, 3.63) is 53.6 Å². The summed E-state index contributed by atoms with van der Waals surface area (Å²) in [5.41, 5.74) is 0.824. The molecule has 0 saturated heterocycles. The van der Waals surface area contributed by atoms with E-state index in [0.717, 1.165) is 37.1 Å². The van der Waals surface area contributed by atoms with Gasteiger partial charge in [0.05, 0.1) is 12.7 Å². The number of aliphatic hydroxyl groups is 1. The van der Waals surface area contributed by atoms with Gasteiger partial charge in [-0.3, -0.25) is 4.68 Å². The van der Waals surface area contributed by atoms with Crippen LogP contribution in [-0.2, 0) is 18.1 Å². The lowest BCUT2D eigenvalue weighted by atomic mass is 9.96. The van der Waals surface area contributed by atoms with Gasteiger partial charge in [0.1, 0.15) is 11.4 Å². The SMILES string of the molecule is CCNC(=NCC(C)(O)c1cnn(C)c1)NCC1(c2ccc(F)cc2)CC1.I. The van der Waals surface area contributed by atoms with Crippen LogP contribution in [0, 0.1) is 5.82 Å². The van der Waals surface area contributed by atoms with E-state index in [1.165, 1.54) is 12.1 Å². The molecule has 1 aliphatic carbocycles. The van der Waals surface area contributed by atoms with E-state index in [-0.39, 0.29) is 41.8 Å². The number of halogens is 2. The van der Waals surface area contributed by atoms with Crippen LogP contribution in [0.5, 0.6) is 0 Å². The fourth-order valence-corrected chi connectivity index (χ4v) is 3.14. The average Bonchev–Trinajstić information content (AvgIpc) is 3.30. The summed E-state index contributed by atoms with van der Waals surface area (Å²) in [6.07, 6.45) is 5.59. The highest BCUT2D eigenvalue weighted by Crippen LogP contribution is 2.47. The molecule has 1 unspecified atom stereocenters. The van der Waals surface area contributed by atoms with Gasteiger partial charge >= 0.3 is 0 Å². The Labute approximate surface area is 182 Å². The number of rotatable bonds is 7. The predicted molar refractivity (Wildman–Crippen MR) is 119 cm³/mol. The maximum absolute atomic E-state index is 13.2. The minimum absolute atomic E-state index is 0. The fraction of sp³-hybridized carbons (Fsp3) is 0.500. The molecule has 6 nitrogen and oxygen atoms in total. The molecule has 0 radical (unpaired) electrons. The standard InChI is InChI=1S/C20H28FN5O.HI/c1-4-22-18(23-13-19(2,27)16-11-25-26(3)12-16)24-14-20(9-10-20)15-5-7-17(21)8-6-15;/h5-8,11-12,27H,4,9-10,13-14H2,1-3H3,(H2,22,23,24);1H. The van der Waals surface area contributed by atoms with E-state index in [4.69, 9.17) is 0 Å². The van der Waals surface area contributed by atoms with E-state index in [9.17, 15) is 9.50 Å². The van der Waals surface area contributed by atoms with E-state index >= 15 is 0 Å². The van der Waals surface area contributed by atoms with E-state index in [2.05, 4.69) is 20.7 Å². The first-order chi connectivity index (χ1) is 12.8. The number of hydrogen-bond acceptors (Lipinski definition) is 3. The van der Waals surface area contributed by atoms with Crippen LogP contribution in [-0.4, -0.2) is 40.5 Å². The molecule has 1 aliphatic rings. The summed E-state index contributed by atoms with van der Waals surface area (Å²) in [6, 6.07) is 6.75. The molecule has 2 aromatic rings. The highest BCUT2D eigenvalue weighted by molar-refractivity contribution is 14.0. The second-order valence-corrected chi connectivity index (χ2v) is 7.51. The highest BCUT2D eigenvalue weighted by Gasteiger charge is 2.44. The van der Waals surface area contributed by atoms with Gasteiger partial charge in [-0.2, -0.15) is 5.10 Å². The molecule has 3 N–H and O–H groups in total. The first-order valence-corrected chi connectivity index (χ1v) is 9.34. The van der Waals surface area contributed by atoms with Crippen molar-refractivity contribution in [1.29, 1.82) is 0 Å². The minimum Gasteiger partial charge on any atom is -0.383 e. The van der Waals surface area contributed by atoms with E-state index in [1.54, 1.807) is 24.0 Å². The predicted octanol–water partition coefficient (Wildman–Crippen LogP) is 2.67. The van der Waals surface area contributed by atoms with Crippen LogP contribution in [0.3, 0.4) is 0 Å². The lowest BCUT2D eigenvalue weighted by Crippen LogP contribution is -2.42. The van der Waals surface area contributed by atoms with E-state index < -0.39 is 5.60 Å². The summed E-state index contributed by atoms with van der Waals surface area (Å²) in [7, 11) is 1.82. The van der Waals surface area contributed by atoms with Crippen molar-refractivity contribution in [3.8, 4) is 0 Å². The van der Waals surface area contributed by atoms with Crippen molar-refractivity contribution >= 4 is 29.9 Å². The molecule has 1 aromatic carbocycles. The average molecular weight is 501 g/mol. The Morgan fingerprint density at radius 2 is 2.00 bits per heavy atom. The number of aryl methyl sites for hydroxylation is 1. The normalized spacial score (nSPS) is 17.4. The van der Waals surface area contributed by atoms with Gasteiger partial charge in [-0.05, 0) is 44.4 Å². The molecule has 0 spiro atoms. The maximum atomic E-state index is 13.2. The van der Waals surface area contributed by atoms with Crippen molar-refractivity contribution in [1.82, 2.24) is 20.4 Å². The molecule has 28 heavy (non-hydrogen) atoms. The van der Waals surface area contributed by atoms with Crippen LogP contribution in [0.2, 0.25) is 0 Å². The van der Waals surface area contributed by atoms with E-state index in [1.807, 2.05) is 26.1 Å². The molecule has 0 amide bonds. The first-order valence-electron chi connectivity index (χ1n) is 9.34. The number of hydrogen-bond donors (Lipinski definition) is 3. The summed E-state index contributed by atoms with van der Waals surface area (Å²) in [6.45, 7) is 5.41. The van der Waals surface area contributed by atoms with Crippen LogP contribution in [0.15, 0.2) is 41.7 Å². The Morgan fingerprint density at radius 3 is 2.54 bits per heavy atom. The molecule has 3 rings (SSSR count). The van der Waals surface area contributed by atoms with Gasteiger partial charge in [0, 0.05) is 37.3 Å². The second-order valence-electron chi connectivity index (χ2n) is 7.51. The number of aliphatic imine (C=N–C) groups is 1. The van der Waals surface area contributed by atoms with Gasteiger partial charge in [0.15, 0.2) is 5.96 Å². The van der Waals surface area contributed by atoms with Crippen molar-refractivity contribution < 1.29 is 9.50 Å². The maximum Gasteiger partial charge on any atom is 0.191 e. The number of guanidine groups is 1. The van der Waals surface area contributed by atoms with Gasteiger partial charge in [-0.1, -0.05) is 12.1 Å². The third kappa shape index (κ3) is 5.44. The molecule has 154 valence electrons. The number of benzene rings is 1. The van der Waals surface area contributed by atoms with Crippen LogP contribution in [0.25, 0.3) is 0 Å². The van der Waals surface area contributed by atoms with Gasteiger partial charge < -0.3 is 15.7 Å². The molecule has 1 fully saturated rings. The zero-order valence-electron chi connectivity index (χ0n) is 16.6. The number of nitrogens with one attached hydrogen (secondary N) is 2. The molecule has 8 heteroatoms. The minimum atomic E-state index is -1.09. The van der Waals surface area contributed by atoms with Crippen molar-refractivity contribution in [2.75, 3.05) is 19.6 Å². The Morgan fingerprint density at radius 1 is 1.32 bits per heavy atom. The van der Waals surface area contributed by atoms with Gasteiger partial charge in [-0.25, -0.2) is 9.38 Å². The van der Waals surface area contributed by atoms with Gasteiger partial charge in [0.2, 0.25) is 0 Å². The summed E-state index contributed by atoms with van der Waals surface area (Å²) < 4.78 is 14.9. The Bertz CT molecular complexity index is 799. The summed E-state index contributed by atoms with van der Waals surface area (Å²) in [5.74, 6) is 0.449. The Kier molecular flexibility index (Phi) is 7.44. The zero-order chi connectivity index (χ0) is 19.5. The summed E-state index contributed by atoms with van der Waals surface area (Å²) in [5, 5.41) is 21.4. The molecule has 1 aromatic heterocycles. The Hall–Kier alpha value is -1.68. The largest absolute Gasteiger partial charge is 0.383 e. The molecule has 0 aliphatic heterocycles. The number of nitrogens with zero attached hydrogens (tertiary/aromatic N) is 3. The van der Waals surface area contributed by atoms with Gasteiger partial charge in [0.25, 0.3) is 0 Å². The molecule has 1 saturated carbocycles. The first kappa shape index (κ1) is 22.6. The molecule has 1 atom stereocenters.